The van der Waals surface area contributed by atoms with Gasteiger partial charge >= 0.3 is 0 Å². The number of carbonyl (C=O) groups excluding carboxylic acids is 2. The number of pyridine rings is 1. The molecule has 6 nitrogen and oxygen atoms in total. The second-order valence-electron chi connectivity index (χ2n) is 8.96. The van der Waals surface area contributed by atoms with Crippen molar-refractivity contribution in [3.05, 3.63) is 30.1 Å². The van der Waals surface area contributed by atoms with E-state index in [0.717, 1.165) is 25.1 Å². The van der Waals surface area contributed by atoms with Crippen LogP contribution in [0.3, 0.4) is 0 Å². The van der Waals surface area contributed by atoms with Crippen molar-refractivity contribution in [2.45, 2.75) is 51.4 Å². The summed E-state index contributed by atoms with van der Waals surface area (Å²) in [6, 6.07) is 3.85. The first-order valence-corrected chi connectivity index (χ1v) is 11.2. The standard InChI is InChI=1S/C23H33N3O3/c27-21(25-11-13-29-14-12-25)7-6-20-17-26(18-23(20)8-2-1-3-9-23)22(28)15-19-5-4-10-24-16-19/h4-5,10,16,20H,1-3,6-9,11-15,17-18H2. The third-order valence-electron chi connectivity index (χ3n) is 7.16. The van der Waals surface area contributed by atoms with Crippen LogP contribution in [0.2, 0.25) is 0 Å². The monoisotopic (exact) mass is 399 g/mol. The summed E-state index contributed by atoms with van der Waals surface area (Å²) < 4.78 is 5.36. The van der Waals surface area contributed by atoms with Crippen molar-refractivity contribution in [1.29, 1.82) is 0 Å². The van der Waals surface area contributed by atoms with Crippen molar-refractivity contribution < 1.29 is 14.3 Å². The van der Waals surface area contributed by atoms with Crippen LogP contribution in [-0.4, -0.2) is 66.0 Å². The third kappa shape index (κ3) is 4.80. The highest BCUT2D eigenvalue weighted by molar-refractivity contribution is 5.79. The molecule has 1 atom stereocenters. The van der Waals surface area contributed by atoms with Crippen LogP contribution in [0.1, 0.15) is 50.5 Å². The maximum atomic E-state index is 13.0. The Morgan fingerprint density at radius 2 is 1.90 bits per heavy atom. The Kier molecular flexibility index (Phi) is 6.48. The fourth-order valence-electron chi connectivity index (χ4n) is 5.50. The van der Waals surface area contributed by atoms with Gasteiger partial charge < -0.3 is 14.5 Å². The van der Waals surface area contributed by atoms with Gasteiger partial charge in [-0.15, -0.1) is 0 Å². The summed E-state index contributed by atoms with van der Waals surface area (Å²) in [6.07, 6.45) is 11.6. The Hall–Kier alpha value is -1.95. The van der Waals surface area contributed by atoms with Crippen LogP contribution in [0.5, 0.6) is 0 Å². The highest BCUT2D eigenvalue weighted by Gasteiger charge is 2.47. The van der Waals surface area contributed by atoms with Gasteiger partial charge in [0.1, 0.15) is 0 Å². The molecule has 0 N–H and O–H groups in total. The largest absolute Gasteiger partial charge is 0.378 e. The number of hydrogen-bond acceptors (Lipinski definition) is 4. The fourth-order valence-corrected chi connectivity index (χ4v) is 5.50. The van der Waals surface area contributed by atoms with Gasteiger partial charge in [0.15, 0.2) is 0 Å². The number of amides is 2. The topological polar surface area (TPSA) is 62.7 Å². The van der Waals surface area contributed by atoms with E-state index in [2.05, 4.69) is 9.88 Å². The first kappa shape index (κ1) is 20.3. The average molecular weight is 400 g/mol. The number of aromatic nitrogens is 1. The average Bonchev–Trinajstić information content (AvgIpc) is 3.11. The van der Waals surface area contributed by atoms with Crippen molar-refractivity contribution in [2.75, 3.05) is 39.4 Å². The number of hydrogen-bond donors (Lipinski definition) is 0. The molecular weight excluding hydrogens is 366 g/mol. The molecule has 1 spiro atoms. The van der Waals surface area contributed by atoms with Gasteiger partial charge in [-0.05, 0) is 42.2 Å². The zero-order chi connectivity index (χ0) is 20.1. The first-order chi connectivity index (χ1) is 14.2. The quantitative estimate of drug-likeness (QED) is 0.764. The molecule has 0 radical (unpaired) electrons. The molecule has 2 aliphatic heterocycles. The molecule has 29 heavy (non-hydrogen) atoms. The lowest BCUT2D eigenvalue weighted by Gasteiger charge is -2.38. The van der Waals surface area contributed by atoms with E-state index < -0.39 is 0 Å². The maximum Gasteiger partial charge on any atom is 0.227 e. The molecule has 0 bridgehead atoms. The van der Waals surface area contributed by atoms with Crippen LogP contribution in [0.15, 0.2) is 24.5 Å². The Morgan fingerprint density at radius 3 is 2.62 bits per heavy atom. The van der Waals surface area contributed by atoms with Gasteiger partial charge in [-0.25, -0.2) is 0 Å². The smallest absolute Gasteiger partial charge is 0.227 e. The van der Waals surface area contributed by atoms with Crippen molar-refractivity contribution in [3.8, 4) is 0 Å². The predicted octanol–water partition coefficient (Wildman–Crippen LogP) is 2.67. The molecule has 2 saturated heterocycles. The van der Waals surface area contributed by atoms with E-state index in [1.807, 2.05) is 17.0 Å². The van der Waals surface area contributed by atoms with E-state index in [1.165, 1.54) is 32.1 Å². The number of ether oxygens (including phenoxy) is 1. The second kappa shape index (κ2) is 9.24. The molecule has 1 unspecified atom stereocenters. The van der Waals surface area contributed by atoms with Crippen molar-refractivity contribution in [2.24, 2.45) is 11.3 Å². The van der Waals surface area contributed by atoms with Crippen molar-refractivity contribution in [1.82, 2.24) is 14.8 Å². The SMILES string of the molecule is O=C(CCC1CN(C(=O)Cc2cccnc2)CC12CCCCC2)N1CCOCC1. The van der Waals surface area contributed by atoms with Crippen LogP contribution in [0, 0.1) is 11.3 Å². The molecule has 4 rings (SSSR count). The normalized spacial score (nSPS) is 24.1. The molecule has 1 aromatic heterocycles. The molecule has 2 amide bonds. The zero-order valence-electron chi connectivity index (χ0n) is 17.4. The van der Waals surface area contributed by atoms with Gasteiger partial charge in [0.2, 0.25) is 11.8 Å². The van der Waals surface area contributed by atoms with E-state index in [4.69, 9.17) is 4.74 Å². The minimum Gasteiger partial charge on any atom is -0.378 e. The Morgan fingerprint density at radius 1 is 1.10 bits per heavy atom. The first-order valence-electron chi connectivity index (χ1n) is 11.2. The molecule has 0 aromatic carbocycles. The van der Waals surface area contributed by atoms with Crippen LogP contribution < -0.4 is 0 Å². The lowest BCUT2D eigenvalue weighted by molar-refractivity contribution is -0.135. The predicted molar refractivity (Wildman–Crippen MR) is 110 cm³/mol. The Balaban J connectivity index is 1.39. The molecule has 3 fully saturated rings. The molecule has 1 aliphatic carbocycles. The number of likely N-dealkylation sites (tertiary alicyclic amines) is 1. The number of morpholine rings is 1. The van der Waals surface area contributed by atoms with Gasteiger partial charge in [-0.1, -0.05) is 25.3 Å². The van der Waals surface area contributed by atoms with E-state index >= 15 is 0 Å². The Bertz CT molecular complexity index is 697. The lowest BCUT2D eigenvalue weighted by atomic mass is 9.66. The van der Waals surface area contributed by atoms with Gasteiger partial charge in [0.25, 0.3) is 0 Å². The summed E-state index contributed by atoms with van der Waals surface area (Å²) in [5.41, 5.74) is 1.19. The fraction of sp³-hybridized carbons (Fsp3) is 0.696. The van der Waals surface area contributed by atoms with E-state index in [1.54, 1.807) is 12.4 Å². The zero-order valence-corrected chi connectivity index (χ0v) is 17.4. The minimum atomic E-state index is 0.199. The molecule has 1 saturated carbocycles. The summed E-state index contributed by atoms with van der Waals surface area (Å²) in [7, 11) is 0. The maximum absolute atomic E-state index is 13.0. The summed E-state index contributed by atoms with van der Waals surface area (Å²) in [4.78, 5) is 33.8. The van der Waals surface area contributed by atoms with E-state index in [0.29, 0.717) is 45.1 Å². The molecular formula is C23H33N3O3. The third-order valence-corrected chi connectivity index (χ3v) is 7.16. The molecule has 3 heterocycles. The lowest BCUT2D eigenvalue weighted by Crippen LogP contribution is -2.41. The van der Waals surface area contributed by atoms with Crippen LogP contribution in [0.25, 0.3) is 0 Å². The minimum absolute atomic E-state index is 0.199. The summed E-state index contributed by atoms with van der Waals surface area (Å²) in [6.45, 7) is 4.39. The van der Waals surface area contributed by atoms with Crippen molar-refractivity contribution in [3.63, 3.8) is 0 Å². The van der Waals surface area contributed by atoms with Crippen LogP contribution in [0.4, 0.5) is 0 Å². The van der Waals surface area contributed by atoms with Gasteiger partial charge in [0, 0.05) is 45.0 Å². The van der Waals surface area contributed by atoms with E-state index in [-0.39, 0.29) is 17.2 Å². The summed E-state index contributed by atoms with van der Waals surface area (Å²) >= 11 is 0. The number of carbonyl (C=O) groups is 2. The number of nitrogens with zero attached hydrogens (tertiary/aromatic N) is 3. The summed E-state index contributed by atoms with van der Waals surface area (Å²) in [5, 5.41) is 0. The second-order valence-corrected chi connectivity index (χ2v) is 8.96. The highest BCUT2D eigenvalue weighted by Crippen LogP contribution is 2.49. The molecule has 1 aromatic rings. The molecule has 6 heteroatoms. The van der Waals surface area contributed by atoms with Gasteiger partial charge in [-0.2, -0.15) is 0 Å². The van der Waals surface area contributed by atoms with Gasteiger partial charge in [-0.3, -0.25) is 14.6 Å². The van der Waals surface area contributed by atoms with E-state index in [9.17, 15) is 9.59 Å². The summed E-state index contributed by atoms with van der Waals surface area (Å²) in [5.74, 6) is 0.884. The molecule has 158 valence electrons. The van der Waals surface area contributed by atoms with Gasteiger partial charge in [0.05, 0.1) is 19.6 Å². The van der Waals surface area contributed by atoms with Crippen LogP contribution in [-0.2, 0) is 20.7 Å². The molecule has 3 aliphatic rings. The van der Waals surface area contributed by atoms with Crippen LogP contribution >= 0.6 is 0 Å². The van der Waals surface area contributed by atoms with Crippen molar-refractivity contribution >= 4 is 11.8 Å². The number of rotatable bonds is 5. The highest BCUT2D eigenvalue weighted by atomic mass is 16.5. The Labute approximate surface area is 173 Å².